The van der Waals surface area contributed by atoms with Crippen molar-refractivity contribution in [2.24, 2.45) is 5.73 Å². The molecule has 3 N–H and O–H groups in total. The average Bonchev–Trinajstić information content (AvgIpc) is 2.63. The van der Waals surface area contributed by atoms with E-state index in [-0.39, 0.29) is 0 Å². The van der Waals surface area contributed by atoms with Gasteiger partial charge in [-0.25, -0.2) is 4.98 Å². The molecule has 0 bridgehead atoms. The van der Waals surface area contributed by atoms with Crippen molar-refractivity contribution in [3.8, 4) is 0 Å². The first-order chi connectivity index (χ1) is 6.85. The number of para-hydroxylation sites is 2. The maximum Gasteiger partial charge on any atom is 0.111 e. The van der Waals surface area contributed by atoms with Gasteiger partial charge in [-0.05, 0) is 18.6 Å². The summed E-state index contributed by atoms with van der Waals surface area (Å²) in [4.78, 5) is 7.83. The Labute approximate surface area is 83.3 Å². The van der Waals surface area contributed by atoms with E-state index in [2.05, 4.69) is 16.9 Å². The van der Waals surface area contributed by atoms with Gasteiger partial charge in [-0.3, -0.25) is 0 Å². The fourth-order valence-corrected chi connectivity index (χ4v) is 1.64. The molecule has 3 heteroatoms. The van der Waals surface area contributed by atoms with E-state index in [1.165, 1.54) is 0 Å². The molecule has 0 spiro atoms. The van der Waals surface area contributed by atoms with Crippen LogP contribution in [0.4, 0.5) is 0 Å². The molecule has 0 saturated heterocycles. The van der Waals surface area contributed by atoms with E-state index in [9.17, 15) is 0 Å². The molecule has 1 heterocycles. The van der Waals surface area contributed by atoms with Crippen molar-refractivity contribution in [3.05, 3.63) is 30.1 Å². The summed E-state index contributed by atoms with van der Waals surface area (Å²) < 4.78 is 0. The minimum Gasteiger partial charge on any atom is -0.342 e. The number of nitrogens with zero attached hydrogens (tertiary/aromatic N) is 1. The lowest BCUT2D eigenvalue weighted by Gasteiger charge is -2.07. The van der Waals surface area contributed by atoms with Crippen LogP contribution in [-0.2, 0) is 0 Å². The molecule has 3 nitrogen and oxygen atoms in total. The Morgan fingerprint density at radius 3 is 2.86 bits per heavy atom. The number of hydrogen-bond donors (Lipinski definition) is 2. The molecule has 0 aliphatic rings. The zero-order valence-corrected chi connectivity index (χ0v) is 8.33. The lowest BCUT2D eigenvalue weighted by atomic mass is 10.1. The highest BCUT2D eigenvalue weighted by atomic mass is 14.9. The smallest absolute Gasteiger partial charge is 0.111 e. The molecular weight excluding hydrogens is 174 g/mol. The fraction of sp³-hybridized carbons (Fsp3) is 0.364. The van der Waals surface area contributed by atoms with Crippen molar-refractivity contribution in [1.29, 1.82) is 0 Å². The van der Waals surface area contributed by atoms with Crippen molar-refractivity contribution in [2.45, 2.75) is 19.3 Å². The Hall–Kier alpha value is -1.35. The quantitative estimate of drug-likeness (QED) is 0.776. The Morgan fingerprint density at radius 1 is 1.43 bits per heavy atom. The van der Waals surface area contributed by atoms with Gasteiger partial charge in [-0.1, -0.05) is 19.1 Å². The Morgan fingerprint density at radius 2 is 2.21 bits per heavy atom. The van der Waals surface area contributed by atoms with Gasteiger partial charge in [-0.2, -0.15) is 0 Å². The molecular formula is C11H15N3. The molecule has 0 unspecified atom stereocenters. The summed E-state index contributed by atoms with van der Waals surface area (Å²) in [6, 6.07) is 8.05. The van der Waals surface area contributed by atoms with E-state index in [0.717, 1.165) is 23.3 Å². The first-order valence-corrected chi connectivity index (χ1v) is 5.00. The Balaban J connectivity index is 2.43. The Bertz CT molecular complexity index is 382. The normalized spacial score (nSPS) is 13.3. The van der Waals surface area contributed by atoms with Gasteiger partial charge >= 0.3 is 0 Å². The zero-order chi connectivity index (χ0) is 9.97. The number of H-pyrrole nitrogens is 1. The molecule has 0 aliphatic heterocycles. The monoisotopic (exact) mass is 189 g/mol. The zero-order valence-electron chi connectivity index (χ0n) is 8.33. The number of hydrogen-bond acceptors (Lipinski definition) is 2. The van der Waals surface area contributed by atoms with Gasteiger partial charge in [0.2, 0.25) is 0 Å². The van der Waals surface area contributed by atoms with E-state index in [1.807, 2.05) is 24.3 Å². The van der Waals surface area contributed by atoms with Gasteiger partial charge in [0.25, 0.3) is 0 Å². The van der Waals surface area contributed by atoms with Crippen LogP contribution in [-0.4, -0.2) is 16.5 Å². The molecule has 1 aromatic carbocycles. The number of aromatic amines is 1. The standard InChI is InChI=1S/C11H15N3/c1-2-8(7-12)11-13-9-5-3-4-6-10(9)14-11/h3-6,8H,2,7,12H2,1H3,(H,13,14)/t8-/m1/s1. The molecule has 0 radical (unpaired) electrons. The third kappa shape index (κ3) is 1.51. The van der Waals surface area contributed by atoms with Crippen LogP contribution in [0.5, 0.6) is 0 Å². The second-order valence-corrected chi connectivity index (χ2v) is 3.48. The average molecular weight is 189 g/mol. The number of imidazole rings is 1. The van der Waals surface area contributed by atoms with Crippen LogP contribution < -0.4 is 5.73 Å². The van der Waals surface area contributed by atoms with Crippen LogP contribution in [0.25, 0.3) is 11.0 Å². The van der Waals surface area contributed by atoms with Crippen LogP contribution >= 0.6 is 0 Å². The van der Waals surface area contributed by atoms with Crippen molar-refractivity contribution in [3.63, 3.8) is 0 Å². The third-order valence-electron chi connectivity index (χ3n) is 2.57. The fourth-order valence-electron chi connectivity index (χ4n) is 1.64. The highest BCUT2D eigenvalue weighted by molar-refractivity contribution is 5.74. The molecule has 2 aromatic rings. The summed E-state index contributed by atoms with van der Waals surface area (Å²) in [5.41, 5.74) is 7.79. The lowest BCUT2D eigenvalue weighted by molar-refractivity contribution is 0.641. The summed E-state index contributed by atoms with van der Waals surface area (Å²) >= 11 is 0. The summed E-state index contributed by atoms with van der Waals surface area (Å²) in [6.07, 6.45) is 1.02. The van der Waals surface area contributed by atoms with E-state index < -0.39 is 0 Å². The van der Waals surface area contributed by atoms with Crippen molar-refractivity contribution < 1.29 is 0 Å². The first kappa shape index (κ1) is 9.21. The summed E-state index contributed by atoms with van der Waals surface area (Å²) in [7, 11) is 0. The lowest BCUT2D eigenvalue weighted by Crippen LogP contribution is -2.12. The molecule has 74 valence electrons. The number of rotatable bonds is 3. The minimum atomic E-state index is 0.349. The predicted octanol–water partition coefficient (Wildman–Crippen LogP) is 2.02. The van der Waals surface area contributed by atoms with Gasteiger partial charge in [0.05, 0.1) is 11.0 Å². The van der Waals surface area contributed by atoms with E-state index >= 15 is 0 Å². The molecule has 14 heavy (non-hydrogen) atoms. The van der Waals surface area contributed by atoms with Crippen molar-refractivity contribution in [2.75, 3.05) is 6.54 Å². The summed E-state index contributed by atoms with van der Waals surface area (Å²) in [5.74, 6) is 1.36. The van der Waals surface area contributed by atoms with Gasteiger partial charge in [-0.15, -0.1) is 0 Å². The van der Waals surface area contributed by atoms with Gasteiger partial charge < -0.3 is 10.7 Å². The SMILES string of the molecule is CC[C@H](CN)c1nc2ccccc2[nH]1. The van der Waals surface area contributed by atoms with E-state index in [1.54, 1.807) is 0 Å². The highest BCUT2D eigenvalue weighted by Gasteiger charge is 2.11. The number of nitrogens with one attached hydrogen (secondary N) is 1. The van der Waals surface area contributed by atoms with E-state index in [0.29, 0.717) is 12.5 Å². The molecule has 0 fully saturated rings. The van der Waals surface area contributed by atoms with Crippen molar-refractivity contribution >= 4 is 11.0 Å². The second kappa shape index (κ2) is 3.80. The number of benzene rings is 1. The molecule has 1 atom stereocenters. The molecule has 2 rings (SSSR count). The molecule has 0 aliphatic carbocycles. The molecule has 1 aromatic heterocycles. The van der Waals surface area contributed by atoms with E-state index in [4.69, 9.17) is 5.73 Å². The third-order valence-corrected chi connectivity index (χ3v) is 2.57. The summed E-state index contributed by atoms with van der Waals surface area (Å²) in [6.45, 7) is 2.78. The predicted molar refractivity (Wildman–Crippen MR) is 58.2 cm³/mol. The first-order valence-electron chi connectivity index (χ1n) is 5.00. The topological polar surface area (TPSA) is 54.7 Å². The van der Waals surface area contributed by atoms with Gasteiger partial charge in [0, 0.05) is 12.5 Å². The maximum atomic E-state index is 5.68. The van der Waals surface area contributed by atoms with Gasteiger partial charge in [0.1, 0.15) is 5.82 Å². The maximum absolute atomic E-state index is 5.68. The van der Waals surface area contributed by atoms with Crippen LogP contribution in [0, 0.1) is 0 Å². The van der Waals surface area contributed by atoms with Crippen LogP contribution in [0.3, 0.4) is 0 Å². The van der Waals surface area contributed by atoms with Crippen LogP contribution in [0.15, 0.2) is 24.3 Å². The van der Waals surface area contributed by atoms with Crippen molar-refractivity contribution in [1.82, 2.24) is 9.97 Å². The van der Waals surface area contributed by atoms with Gasteiger partial charge in [0.15, 0.2) is 0 Å². The number of nitrogens with two attached hydrogens (primary N) is 1. The highest BCUT2D eigenvalue weighted by Crippen LogP contribution is 2.18. The summed E-state index contributed by atoms with van der Waals surface area (Å²) in [5, 5.41) is 0. The largest absolute Gasteiger partial charge is 0.342 e. The molecule has 0 saturated carbocycles. The second-order valence-electron chi connectivity index (χ2n) is 3.48. The van der Waals surface area contributed by atoms with Crippen LogP contribution in [0.1, 0.15) is 25.1 Å². The Kier molecular flexibility index (Phi) is 2.50. The van der Waals surface area contributed by atoms with Crippen LogP contribution in [0.2, 0.25) is 0 Å². The minimum absolute atomic E-state index is 0.349. The molecule has 0 amide bonds. The number of fused-ring (bicyclic) bond motifs is 1. The number of aromatic nitrogens is 2.